The minimum Gasteiger partial charge on any atom is -0.465 e. The van der Waals surface area contributed by atoms with Crippen LogP contribution in [0.5, 0.6) is 0 Å². The fourth-order valence-corrected chi connectivity index (χ4v) is 7.39. The molecular weight excluding hydrogens is 578 g/mol. The summed E-state index contributed by atoms with van der Waals surface area (Å²) in [5.41, 5.74) is 5.92. The van der Waals surface area contributed by atoms with Crippen molar-refractivity contribution in [2.45, 2.75) is 90.3 Å². The summed E-state index contributed by atoms with van der Waals surface area (Å²) in [6, 6.07) is 10.9. The van der Waals surface area contributed by atoms with Crippen molar-refractivity contribution < 1.29 is 14.3 Å². The molecule has 0 unspecified atom stereocenters. The standard InChI is InChI=1S/C36H43N7O3/c1-21(2)42-20-38-29-18-28(39-33(32(29)42)40-31-17-26(34(44)46-6)22(3)19-37-31)23-10-11-27-30(14-23)43(35(45)36(27,4)5)25-15-24(16-25)41-12-8-7-9-13-41/h10-11,14,17-21,24-25H,7-9,12-13,15-16H2,1-6H3,(H,37,39,40). The number of carbonyl (C=O) groups excluding carboxylic acids is 2. The number of fused-ring (bicyclic) bond motifs is 2. The monoisotopic (exact) mass is 621 g/mol. The summed E-state index contributed by atoms with van der Waals surface area (Å²) in [4.78, 5) is 45.4. The number of amides is 1. The number of benzene rings is 1. The zero-order valence-corrected chi connectivity index (χ0v) is 27.6. The Balaban J connectivity index is 1.26. The predicted octanol–water partition coefficient (Wildman–Crippen LogP) is 6.55. The van der Waals surface area contributed by atoms with Crippen LogP contribution < -0.4 is 10.2 Å². The van der Waals surface area contributed by atoms with Crippen LogP contribution in [0, 0.1) is 6.92 Å². The summed E-state index contributed by atoms with van der Waals surface area (Å²) in [5, 5.41) is 3.38. The van der Waals surface area contributed by atoms with E-state index in [-0.39, 0.29) is 18.0 Å². The molecule has 0 radical (unpaired) electrons. The number of nitrogens with zero attached hydrogens (tertiary/aromatic N) is 6. The molecule has 240 valence electrons. The van der Waals surface area contributed by atoms with E-state index in [4.69, 9.17) is 14.7 Å². The SMILES string of the molecule is COC(=O)c1cc(Nc2nc(-c3ccc4c(c3)N(C3CC(N5CCCCC5)C3)C(=O)C4(C)C)cc3ncn(C(C)C)c23)ncc1C. The summed E-state index contributed by atoms with van der Waals surface area (Å²) in [6.45, 7) is 12.5. The van der Waals surface area contributed by atoms with Crippen LogP contribution in [-0.2, 0) is 14.9 Å². The van der Waals surface area contributed by atoms with Crippen molar-refractivity contribution in [2.75, 3.05) is 30.4 Å². The highest BCUT2D eigenvalue weighted by Crippen LogP contribution is 2.48. The molecule has 0 atom stereocenters. The van der Waals surface area contributed by atoms with Crippen molar-refractivity contribution >= 4 is 40.2 Å². The topological polar surface area (TPSA) is 105 Å². The van der Waals surface area contributed by atoms with E-state index in [0.717, 1.165) is 51.9 Å². The van der Waals surface area contributed by atoms with Gasteiger partial charge >= 0.3 is 5.97 Å². The lowest BCUT2D eigenvalue weighted by Crippen LogP contribution is -2.57. The van der Waals surface area contributed by atoms with E-state index in [9.17, 15) is 9.59 Å². The number of hydrogen-bond donors (Lipinski definition) is 1. The number of ether oxygens (including phenoxy) is 1. The van der Waals surface area contributed by atoms with Gasteiger partial charge in [0.25, 0.3) is 0 Å². The van der Waals surface area contributed by atoms with E-state index in [1.165, 1.54) is 39.5 Å². The average molecular weight is 622 g/mol. The number of hydrogen-bond acceptors (Lipinski definition) is 8. The number of likely N-dealkylation sites (tertiary alicyclic amines) is 1. The molecule has 1 aliphatic carbocycles. The highest BCUT2D eigenvalue weighted by Gasteiger charge is 2.50. The molecule has 1 aromatic carbocycles. The van der Waals surface area contributed by atoms with Crippen LogP contribution in [0.15, 0.2) is 42.9 Å². The Bertz CT molecular complexity index is 1830. The molecule has 4 aromatic rings. The Morgan fingerprint density at radius 2 is 1.80 bits per heavy atom. The number of anilines is 3. The minimum absolute atomic E-state index is 0.146. The average Bonchev–Trinajstić information content (AvgIpc) is 3.55. The third-order valence-electron chi connectivity index (χ3n) is 10.2. The van der Waals surface area contributed by atoms with Gasteiger partial charge in [-0.1, -0.05) is 18.6 Å². The smallest absolute Gasteiger partial charge is 0.338 e. The Kier molecular flexibility index (Phi) is 7.58. The number of piperidine rings is 1. The Labute approximate surface area is 270 Å². The van der Waals surface area contributed by atoms with Gasteiger partial charge in [-0.2, -0.15) is 0 Å². The highest BCUT2D eigenvalue weighted by atomic mass is 16.5. The van der Waals surface area contributed by atoms with Crippen LogP contribution in [0.4, 0.5) is 17.3 Å². The van der Waals surface area contributed by atoms with E-state index in [0.29, 0.717) is 23.2 Å². The molecule has 5 heterocycles. The molecule has 1 N–H and O–H groups in total. The van der Waals surface area contributed by atoms with Crippen LogP contribution in [0.2, 0.25) is 0 Å². The van der Waals surface area contributed by atoms with Crippen molar-refractivity contribution in [1.29, 1.82) is 0 Å². The number of carbonyl (C=O) groups is 2. The molecule has 10 heteroatoms. The molecule has 10 nitrogen and oxygen atoms in total. The van der Waals surface area contributed by atoms with Gasteiger partial charge in [0.2, 0.25) is 5.91 Å². The number of rotatable bonds is 7. The summed E-state index contributed by atoms with van der Waals surface area (Å²) in [7, 11) is 1.37. The third kappa shape index (κ3) is 5.03. The van der Waals surface area contributed by atoms with Crippen LogP contribution in [0.1, 0.15) is 87.3 Å². The maximum Gasteiger partial charge on any atom is 0.338 e. The van der Waals surface area contributed by atoms with Gasteiger partial charge in [0, 0.05) is 35.6 Å². The molecular formula is C36H43N7O3. The highest BCUT2D eigenvalue weighted by molar-refractivity contribution is 6.09. The van der Waals surface area contributed by atoms with Crippen molar-refractivity contribution in [3.63, 3.8) is 0 Å². The maximum absolute atomic E-state index is 13.9. The molecule has 0 bridgehead atoms. The first-order valence-electron chi connectivity index (χ1n) is 16.5. The quantitative estimate of drug-likeness (QED) is 0.232. The number of nitrogens with one attached hydrogen (secondary N) is 1. The Morgan fingerprint density at radius 3 is 2.52 bits per heavy atom. The van der Waals surface area contributed by atoms with Gasteiger partial charge in [-0.05, 0) is 103 Å². The van der Waals surface area contributed by atoms with Gasteiger partial charge in [-0.15, -0.1) is 0 Å². The minimum atomic E-state index is -0.585. The lowest BCUT2D eigenvalue weighted by molar-refractivity contribution is -0.123. The first kappa shape index (κ1) is 30.3. The number of esters is 1. The van der Waals surface area contributed by atoms with E-state index >= 15 is 0 Å². The third-order valence-corrected chi connectivity index (χ3v) is 10.2. The fraction of sp³-hybridized carbons (Fsp3) is 0.472. The molecule has 1 amide bonds. The van der Waals surface area contributed by atoms with Crippen molar-refractivity contribution in [3.8, 4) is 11.3 Å². The summed E-state index contributed by atoms with van der Waals surface area (Å²) >= 11 is 0. The number of aryl methyl sites for hydroxylation is 1. The van der Waals surface area contributed by atoms with Crippen LogP contribution in [0.3, 0.4) is 0 Å². The molecule has 3 aliphatic rings. The zero-order chi connectivity index (χ0) is 32.3. The predicted molar refractivity (Wildman–Crippen MR) is 180 cm³/mol. The van der Waals surface area contributed by atoms with Gasteiger partial charge in [0.1, 0.15) is 11.3 Å². The number of methoxy groups -OCH3 is 1. The molecule has 3 aromatic heterocycles. The van der Waals surface area contributed by atoms with Crippen LogP contribution in [-0.4, -0.2) is 68.6 Å². The number of aromatic nitrogens is 4. The Hall–Kier alpha value is -4.31. The van der Waals surface area contributed by atoms with Gasteiger partial charge in [0.15, 0.2) is 5.82 Å². The van der Waals surface area contributed by atoms with Gasteiger partial charge in [-0.25, -0.2) is 19.7 Å². The molecule has 2 fully saturated rings. The largest absolute Gasteiger partial charge is 0.465 e. The summed E-state index contributed by atoms with van der Waals surface area (Å²) < 4.78 is 7.06. The van der Waals surface area contributed by atoms with Gasteiger partial charge in [0.05, 0.1) is 35.6 Å². The number of pyridine rings is 2. The van der Waals surface area contributed by atoms with E-state index in [1.54, 1.807) is 12.3 Å². The molecule has 0 spiro atoms. The van der Waals surface area contributed by atoms with Crippen LogP contribution in [0.25, 0.3) is 22.3 Å². The summed E-state index contributed by atoms with van der Waals surface area (Å²) in [5.74, 6) is 0.822. The van der Waals surface area contributed by atoms with Gasteiger partial charge < -0.3 is 24.4 Å². The van der Waals surface area contributed by atoms with E-state index in [1.807, 2.05) is 33.2 Å². The fourth-order valence-electron chi connectivity index (χ4n) is 7.39. The van der Waals surface area contributed by atoms with Crippen LogP contribution >= 0.6 is 0 Å². The molecule has 46 heavy (non-hydrogen) atoms. The molecule has 7 rings (SSSR count). The van der Waals surface area contributed by atoms with E-state index < -0.39 is 11.4 Å². The molecule has 1 saturated heterocycles. The zero-order valence-electron chi connectivity index (χ0n) is 27.6. The molecule has 1 saturated carbocycles. The van der Waals surface area contributed by atoms with Crippen molar-refractivity contribution in [2.24, 2.45) is 0 Å². The molecule has 2 aliphatic heterocycles. The van der Waals surface area contributed by atoms with Crippen molar-refractivity contribution in [1.82, 2.24) is 24.4 Å². The van der Waals surface area contributed by atoms with Gasteiger partial charge in [-0.3, -0.25) is 4.79 Å². The van der Waals surface area contributed by atoms with E-state index in [2.05, 4.69) is 56.7 Å². The maximum atomic E-state index is 13.9. The lowest BCUT2D eigenvalue weighted by Gasteiger charge is -2.48. The Morgan fingerprint density at radius 1 is 1.04 bits per heavy atom. The summed E-state index contributed by atoms with van der Waals surface area (Å²) in [6.07, 6.45) is 9.40. The second-order valence-corrected chi connectivity index (χ2v) is 13.9. The second kappa shape index (κ2) is 11.5. The lowest BCUT2D eigenvalue weighted by atomic mass is 9.82. The first-order chi connectivity index (χ1) is 22.1. The second-order valence-electron chi connectivity index (χ2n) is 13.9. The van der Waals surface area contributed by atoms with Crippen molar-refractivity contribution in [3.05, 3.63) is 59.5 Å². The number of imidazole rings is 1. The first-order valence-corrected chi connectivity index (χ1v) is 16.5. The normalized spacial score (nSPS) is 21.0.